The van der Waals surface area contributed by atoms with Gasteiger partial charge in [0, 0.05) is 18.8 Å². The predicted molar refractivity (Wildman–Crippen MR) is 143 cm³/mol. The minimum atomic E-state index is -0.683. The van der Waals surface area contributed by atoms with Crippen LogP contribution in [0.3, 0.4) is 0 Å². The molecule has 1 aliphatic carbocycles. The molecule has 9 heteroatoms. The molecule has 0 spiro atoms. The molecule has 190 valence electrons. The molecule has 0 radical (unpaired) electrons. The molecule has 3 N–H and O–H groups in total. The molecule has 0 amide bonds. The molecular formula is C26H38N6O2S. The van der Waals surface area contributed by atoms with E-state index in [-0.39, 0.29) is 24.2 Å². The lowest BCUT2D eigenvalue weighted by molar-refractivity contribution is 0.0197. The highest BCUT2D eigenvalue weighted by atomic mass is 32.1. The van der Waals surface area contributed by atoms with Crippen LogP contribution in [0.1, 0.15) is 65.3 Å². The average Bonchev–Trinajstić information content (AvgIpc) is 3.39. The van der Waals surface area contributed by atoms with Gasteiger partial charge in [-0.25, -0.2) is 9.97 Å². The fraction of sp³-hybridized carbons (Fsp3) is 0.615. The molecule has 4 rings (SSSR count). The quantitative estimate of drug-likeness (QED) is 0.363. The van der Waals surface area contributed by atoms with Crippen molar-refractivity contribution in [1.82, 2.24) is 19.9 Å². The Morgan fingerprint density at radius 2 is 1.91 bits per heavy atom. The monoisotopic (exact) mass is 498 g/mol. The second kappa shape index (κ2) is 10.3. The molecule has 0 saturated heterocycles. The van der Waals surface area contributed by atoms with Crippen molar-refractivity contribution in [1.29, 1.82) is 0 Å². The number of thiazole rings is 1. The van der Waals surface area contributed by atoms with Crippen LogP contribution in [-0.4, -0.2) is 55.4 Å². The summed E-state index contributed by atoms with van der Waals surface area (Å²) in [4.78, 5) is 19.0. The van der Waals surface area contributed by atoms with Crippen molar-refractivity contribution in [2.45, 2.75) is 91.6 Å². The lowest BCUT2D eigenvalue weighted by Gasteiger charge is -2.25. The molecule has 3 heterocycles. The Bertz CT molecular complexity index is 1170. The van der Waals surface area contributed by atoms with Crippen molar-refractivity contribution < 1.29 is 9.84 Å². The van der Waals surface area contributed by atoms with Gasteiger partial charge in [0.1, 0.15) is 16.3 Å². The zero-order valence-corrected chi connectivity index (χ0v) is 22.7. The maximum absolute atomic E-state index is 10.5. The van der Waals surface area contributed by atoms with Crippen LogP contribution in [0.5, 0.6) is 0 Å². The molecule has 8 nitrogen and oxygen atoms in total. The third-order valence-electron chi connectivity index (χ3n) is 6.62. The van der Waals surface area contributed by atoms with Gasteiger partial charge in [0.05, 0.1) is 39.5 Å². The smallest absolute Gasteiger partial charge is 0.224 e. The van der Waals surface area contributed by atoms with Crippen molar-refractivity contribution in [2.24, 2.45) is 5.92 Å². The largest absolute Gasteiger partial charge is 0.390 e. The molecule has 3 atom stereocenters. The highest BCUT2D eigenvalue weighted by Gasteiger charge is 2.35. The van der Waals surface area contributed by atoms with E-state index >= 15 is 0 Å². The maximum atomic E-state index is 10.5. The van der Waals surface area contributed by atoms with Gasteiger partial charge in [-0.3, -0.25) is 4.98 Å². The number of aliphatic hydroxyl groups is 1. The summed E-state index contributed by atoms with van der Waals surface area (Å²) < 4.78 is 6.95. The number of pyridine rings is 1. The summed E-state index contributed by atoms with van der Waals surface area (Å²) in [5.74, 6) is 1.61. The fourth-order valence-electron chi connectivity index (χ4n) is 4.80. The number of hydrogen-bond donors (Lipinski definition) is 3. The first-order valence-electron chi connectivity index (χ1n) is 12.5. The Kier molecular flexibility index (Phi) is 7.59. The van der Waals surface area contributed by atoms with Crippen LogP contribution < -0.4 is 10.6 Å². The number of aromatic nitrogens is 4. The topological polar surface area (TPSA) is 105 Å². The van der Waals surface area contributed by atoms with Crippen molar-refractivity contribution in [3.63, 3.8) is 0 Å². The highest BCUT2D eigenvalue weighted by Crippen LogP contribution is 2.39. The first-order chi connectivity index (χ1) is 16.5. The molecule has 1 saturated carbocycles. The minimum absolute atomic E-state index is 0.0390. The predicted octanol–water partition coefficient (Wildman–Crippen LogP) is 5.34. The van der Waals surface area contributed by atoms with E-state index in [9.17, 15) is 5.11 Å². The third kappa shape index (κ3) is 6.08. The van der Waals surface area contributed by atoms with E-state index in [0.29, 0.717) is 12.5 Å². The van der Waals surface area contributed by atoms with Gasteiger partial charge in [-0.2, -0.15) is 4.98 Å². The molecule has 3 unspecified atom stereocenters. The Hall–Kier alpha value is -2.36. The Labute approximate surface area is 212 Å². The van der Waals surface area contributed by atoms with Gasteiger partial charge < -0.3 is 20.5 Å². The number of nitrogens with zero attached hydrogens (tertiary/aromatic N) is 4. The van der Waals surface area contributed by atoms with Crippen LogP contribution in [0.25, 0.3) is 20.8 Å². The van der Waals surface area contributed by atoms with E-state index in [4.69, 9.17) is 19.7 Å². The van der Waals surface area contributed by atoms with E-state index in [0.717, 1.165) is 57.3 Å². The van der Waals surface area contributed by atoms with Gasteiger partial charge in [-0.15, -0.1) is 11.3 Å². The maximum Gasteiger partial charge on any atom is 0.224 e. The summed E-state index contributed by atoms with van der Waals surface area (Å²) in [5, 5.41) is 18.4. The molecule has 3 aromatic rings. The van der Waals surface area contributed by atoms with E-state index < -0.39 is 5.60 Å². The van der Waals surface area contributed by atoms with Crippen LogP contribution in [0.4, 0.5) is 11.8 Å². The second-order valence-corrected chi connectivity index (χ2v) is 11.5. The Morgan fingerprint density at radius 3 is 2.57 bits per heavy atom. The van der Waals surface area contributed by atoms with E-state index in [2.05, 4.69) is 15.6 Å². The third-order valence-corrected chi connectivity index (χ3v) is 7.66. The van der Waals surface area contributed by atoms with Crippen LogP contribution in [0.2, 0.25) is 0 Å². The number of anilines is 2. The van der Waals surface area contributed by atoms with Crippen LogP contribution in [-0.2, 0) is 4.74 Å². The summed E-state index contributed by atoms with van der Waals surface area (Å²) in [7, 11) is 0. The summed E-state index contributed by atoms with van der Waals surface area (Å²) in [6, 6.07) is 2.23. The molecule has 35 heavy (non-hydrogen) atoms. The second-order valence-electron chi connectivity index (χ2n) is 10.5. The van der Waals surface area contributed by atoms with Crippen molar-refractivity contribution in [2.75, 3.05) is 17.2 Å². The first-order valence-corrected chi connectivity index (χ1v) is 13.3. The van der Waals surface area contributed by atoms with E-state index in [1.54, 1.807) is 11.3 Å². The lowest BCUT2D eigenvalue weighted by atomic mass is 9.89. The lowest BCUT2D eigenvalue weighted by Crippen LogP contribution is -2.30. The number of rotatable bonds is 9. The van der Waals surface area contributed by atoms with Gasteiger partial charge in [0.25, 0.3) is 0 Å². The van der Waals surface area contributed by atoms with Gasteiger partial charge in [0.15, 0.2) is 0 Å². The normalized spacial score (nSPS) is 19.5. The number of aryl methyl sites for hydroxylation is 2. The summed E-state index contributed by atoms with van der Waals surface area (Å²) >= 11 is 1.63. The van der Waals surface area contributed by atoms with Crippen LogP contribution in [0.15, 0.2) is 12.3 Å². The number of hydrogen-bond acceptors (Lipinski definition) is 9. The number of ether oxygens (including phenoxy) is 1. The van der Waals surface area contributed by atoms with Crippen molar-refractivity contribution in [3.8, 4) is 10.6 Å². The van der Waals surface area contributed by atoms with Crippen LogP contribution in [0, 0.1) is 19.8 Å². The number of nitrogens with one attached hydrogen (secondary N) is 2. The van der Waals surface area contributed by atoms with Crippen molar-refractivity contribution in [3.05, 3.63) is 23.7 Å². The molecule has 1 fully saturated rings. The SMILES string of the molecule is Cc1nc(NCC(C)OC(C)C)nc(NC2CCC(C(C)(C)O)C2)c1-c1nc2c(C)nccc2s1. The fourth-order valence-corrected chi connectivity index (χ4v) is 5.91. The summed E-state index contributed by atoms with van der Waals surface area (Å²) in [6.45, 7) is 14.5. The highest BCUT2D eigenvalue weighted by molar-refractivity contribution is 7.21. The zero-order chi connectivity index (χ0) is 25.3. The van der Waals surface area contributed by atoms with Gasteiger partial charge in [-0.1, -0.05) is 0 Å². The molecule has 0 aliphatic heterocycles. The van der Waals surface area contributed by atoms with Gasteiger partial charge in [-0.05, 0) is 79.7 Å². The molecule has 3 aromatic heterocycles. The van der Waals surface area contributed by atoms with Crippen LogP contribution >= 0.6 is 11.3 Å². The van der Waals surface area contributed by atoms with Gasteiger partial charge >= 0.3 is 0 Å². The average molecular weight is 499 g/mol. The number of fused-ring (bicyclic) bond motifs is 1. The Morgan fingerprint density at radius 1 is 1.14 bits per heavy atom. The zero-order valence-electron chi connectivity index (χ0n) is 21.8. The molecule has 0 bridgehead atoms. The Balaban J connectivity index is 1.67. The minimum Gasteiger partial charge on any atom is -0.390 e. The first kappa shape index (κ1) is 25.7. The summed E-state index contributed by atoms with van der Waals surface area (Å²) in [6.07, 6.45) is 4.90. The molecule has 1 aliphatic rings. The van der Waals surface area contributed by atoms with E-state index in [1.807, 2.05) is 60.7 Å². The summed E-state index contributed by atoms with van der Waals surface area (Å²) in [5.41, 5.74) is 2.94. The van der Waals surface area contributed by atoms with Gasteiger partial charge in [0.2, 0.25) is 5.95 Å². The van der Waals surface area contributed by atoms with Crippen molar-refractivity contribution >= 4 is 33.3 Å². The van der Waals surface area contributed by atoms with E-state index in [1.165, 1.54) is 0 Å². The molecule has 0 aromatic carbocycles. The standard InChI is InChI=1S/C26H38N6O2S/c1-14(2)34-15(3)13-28-25-29-16(4)21(24-31-22-17(5)27-11-10-20(22)35-24)23(32-25)30-19-9-8-18(12-19)26(6,7)33/h10-11,14-15,18-19,33H,8-9,12-13H2,1-7H3,(H2,28,29,30,32). The molecular weight excluding hydrogens is 460 g/mol.